The van der Waals surface area contributed by atoms with E-state index in [-0.39, 0.29) is 18.4 Å². The van der Waals surface area contributed by atoms with Gasteiger partial charge in [0.1, 0.15) is 0 Å². The van der Waals surface area contributed by atoms with E-state index in [2.05, 4.69) is 0 Å². The van der Waals surface area contributed by atoms with Crippen LogP contribution >= 0.6 is 24.0 Å². The van der Waals surface area contributed by atoms with E-state index >= 15 is 0 Å². The summed E-state index contributed by atoms with van der Waals surface area (Å²) >= 11 is 5.99. The Morgan fingerprint density at radius 2 is 1.93 bits per heavy atom. The molecule has 0 bridgehead atoms. The standard InChI is InChI=1S/C10H15ClN2.ClH/c11-9-5-2-1-4-8(9)10(13)6-3-7-12;/h1-2,4-5,10H,3,6-7,12-13H2;1H/t10-;/m1./s1. The van der Waals surface area contributed by atoms with Gasteiger partial charge in [0.05, 0.1) is 0 Å². The van der Waals surface area contributed by atoms with Crippen LogP contribution in [0.4, 0.5) is 0 Å². The minimum Gasteiger partial charge on any atom is -0.330 e. The normalized spacial score (nSPS) is 11.9. The summed E-state index contributed by atoms with van der Waals surface area (Å²) in [5.41, 5.74) is 12.4. The Bertz CT molecular complexity index is 266. The average Bonchev–Trinajstić information content (AvgIpc) is 2.15. The number of halogens is 2. The molecular formula is C10H16Cl2N2. The highest BCUT2D eigenvalue weighted by molar-refractivity contribution is 6.31. The van der Waals surface area contributed by atoms with Crippen molar-refractivity contribution in [3.8, 4) is 0 Å². The molecule has 4 heteroatoms. The number of nitrogens with two attached hydrogens (primary N) is 2. The van der Waals surface area contributed by atoms with Crippen molar-refractivity contribution in [3.05, 3.63) is 34.9 Å². The van der Waals surface area contributed by atoms with E-state index in [0.29, 0.717) is 6.54 Å². The van der Waals surface area contributed by atoms with Crippen LogP contribution in [0.5, 0.6) is 0 Å². The van der Waals surface area contributed by atoms with Crippen molar-refractivity contribution in [2.75, 3.05) is 6.54 Å². The molecule has 1 aromatic carbocycles. The van der Waals surface area contributed by atoms with Gasteiger partial charge in [-0.05, 0) is 31.0 Å². The smallest absolute Gasteiger partial charge is 0.0453 e. The van der Waals surface area contributed by atoms with Gasteiger partial charge in [-0.1, -0.05) is 29.8 Å². The Hall–Kier alpha value is -0.280. The lowest BCUT2D eigenvalue weighted by Gasteiger charge is -2.12. The van der Waals surface area contributed by atoms with Crippen molar-refractivity contribution in [1.29, 1.82) is 0 Å². The zero-order chi connectivity index (χ0) is 9.68. The van der Waals surface area contributed by atoms with E-state index < -0.39 is 0 Å². The molecule has 0 aliphatic heterocycles. The molecule has 0 saturated carbocycles. The van der Waals surface area contributed by atoms with Crippen LogP contribution < -0.4 is 11.5 Å². The van der Waals surface area contributed by atoms with E-state index in [9.17, 15) is 0 Å². The van der Waals surface area contributed by atoms with Crippen molar-refractivity contribution in [2.45, 2.75) is 18.9 Å². The van der Waals surface area contributed by atoms with Crippen LogP contribution in [-0.4, -0.2) is 6.54 Å². The molecule has 1 atom stereocenters. The summed E-state index contributed by atoms with van der Waals surface area (Å²) in [5, 5.41) is 0.743. The molecule has 2 nitrogen and oxygen atoms in total. The third-order valence-corrected chi connectivity index (χ3v) is 2.37. The summed E-state index contributed by atoms with van der Waals surface area (Å²) in [6.07, 6.45) is 1.83. The highest BCUT2D eigenvalue weighted by atomic mass is 35.5. The molecule has 0 heterocycles. The summed E-state index contributed by atoms with van der Waals surface area (Å²) in [4.78, 5) is 0. The van der Waals surface area contributed by atoms with E-state index in [0.717, 1.165) is 23.4 Å². The second kappa shape index (κ2) is 7.07. The Labute approximate surface area is 96.0 Å². The molecule has 14 heavy (non-hydrogen) atoms. The fourth-order valence-electron chi connectivity index (χ4n) is 1.27. The van der Waals surface area contributed by atoms with Gasteiger partial charge in [-0.3, -0.25) is 0 Å². The number of benzene rings is 1. The first-order valence-corrected chi connectivity index (χ1v) is 4.83. The van der Waals surface area contributed by atoms with Gasteiger partial charge < -0.3 is 11.5 Å². The summed E-state index contributed by atoms with van der Waals surface area (Å²) in [6.45, 7) is 0.679. The van der Waals surface area contributed by atoms with Gasteiger partial charge in [0.25, 0.3) is 0 Å². The molecule has 0 amide bonds. The SMILES string of the molecule is Cl.NCCC[C@@H](N)c1ccccc1Cl. The lowest BCUT2D eigenvalue weighted by atomic mass is 10.0. The minimum atomic E-state index is 0. The van der Waals surface area contributed by atoms with Gasteiger partial charge >= 0.3 is 0 Å². The Kier molecular flexibility index (Phi) is 6.93. The van der Waals surface area contributed by atoms with Gasteiger partial charge in [-0.25, -0.2) is 0 Å². The Balaban J connectivity index is 0.00000169. The number of hydrogen-bond acceptors (Lipinski definition) is 2. The van der Waals surface area contributed by atoms with Crippen molar-refractivity contribution in [2.24, 2.45) is 11.5 Å². The van der Waals surface area contributed by atoms with Crippen molar-refractivity contribution >= 4 is 24.0 Å². The average molecular weight is 235 g/mol. The lowest BCUT2D eigenvalue weighted by Crippen LogP contribution is -2.12. The summed E-state index contributed by atoms with van der Waals surface area (Å²) < 4.78 is 0. The molecule has 0 aliphatic carbocycles. The van der Waals surface area contributed by atoms with E-state index in [4.69, 9.17) is 23.1 Å². The zero-order valence-corrected chi connectivity index (χ0v) is 9.52. The fourth-order valence-corrected chi connectivity index (χ4v) is 1.54. The zero-order valence-electron chi connectivity index (χ0n) is 7.95. The molecule has 0 aliphatic rings. The molecule has 0 saturated heterocycles. The van der Waals surface area contributed by atoms with Crippen molar-refractivity contribution in [3.63, 3.8) is 0 Å². The predicted molar refractivity (Wildman–Crippen MR) is 63.9 cm³/mol. The predicted octanol–water partition coefficient (Wildman–Crippen LogP) is 2.50. The number of rotatable bonds is 4. The van der Waals surface area contributed by atoms with Crippen LogP contribution in [0, 0.1) is 0 Å². The third-order valence-electron chi connectivity index (χ3n) is 2.02. The molecule has 80 valence electrons. The number of hydrogen-bond donors (Lipinski definition) is 2. The monoisotopic (exact) mass is 234 g/mol. The Morgan fingerprint density at radius 1 is 1.29 bits per heavy atom. The van der Waals surface area contributed by atoms with Gasteiger partial charge in [0.15, 0.2) is 0 Å². The van der Waals surface area contributed by atoms with Gasteiger partial charge in [-0.15, -0.1) is 12.4 Å². The summed E-state index contributed by atoms with van der Waals surface area (Å²) in [6, 6.07) is 7.69. The van der Waals surface area contributed by atoms with Crippen LogP contribution in [0.1, 0.15) is 24.4 Å². The van der Waals surface area contributed by atoms with E-state index in [1.807, 2.05) is 24.3 Å². The molecule has 0 unspecified atom stereocenters. The molecule has 0 radical (unpaired) electrons. The lowest BCUT2D eigenvalue weighted by molar-refractivity contribution is 0.618. The maximum atomic E-state index is 5.99. The van der Waals surface area contributed by atoms with Crippen molar-refractivity contribution in [1.82, 2.24) is 0 Å². The van der Waals surface area contributed by atoms with Crippen LogP contribution in [0.3, 0.4) is 0 Å². The van der Waals surface area contributed by atoms with Crippen LogP contribution in [0.25, 0.3) is 0 Å². The Morgan fingerprint density at radius 3 is 2.50 bits per heavy atom. The molecule has 0 fully saturated rings. The second-order valence-corrected chi connectivity index (χ2v) is 3.47. The van der Waals surface area contributed by atoms with Crippen LogP contribution in [-0.2, 0) is 0 Å². The highest BCUT2D eigenvalue weighted by Crippen LogP contribution is 2.23. The van der Waals surface area contributed by atoms with Crippen LogP contribution in [0.2, 0.25) is 5.02 Å². The topological polar surface area (TPSA) is 52.0 Å². The maximum Gasteiger partial charge on any atom is 0.0453 e. The molecule has 4 N–H and O–H groups in total. The first kappa shape index (κ1) is 13.7. The second-order valence-electron chi connectivity index (χ2n) is 3.06. The highest BCUT2D eigenvalue weighted by Gasteiger charge is 2.07. The fraction of sp³-hybridized carbons (Fsp3) is 0.400. The molecular weight excluding hydrogens is 219 g/mol. The molecule has 0 spiro atoms. The van der Waals surface area contributed by atoms with E-state index in [1.165, 1.54) is 0 Å². The quantitative estimate of drug-likeness (QED) is 0.842. The van der Waals surface area contributed by atoms with Gasteiger partial charge in [0, 0.05) is 11.1 Å². The van der Waals surface area contributed by atoms with Gasteiger partial charge in [0.2, 0.25) is 0 Å². The van der Waals surface area contributed by atoms with Crippen LogP contribution in [0.15, 0.2) is 24.3 Å². The maximum absolute atomic E-state index is 5.99. The third kappa shape index (κ3) is 3.84. The molecule has 0 aromatic heterocycles. The summed E-state index contributed by atoms with van der Waals surface area (Å²) in [5.74, 6) is 0. The minimum absolute atomic E-state index is 0. The first-order valence-electron chi connectivity index (χ1n) is 4.45. The molecule has 1 rings (SSSR count). The molecule has 1 aromatic rings. The first-order chi connectivity index (χ1) is 6.25. The largest absolute Gasteiger partial charge is 0.330 e. The van der Waals surface area contributed by atoms with Gasteiger partial charge in [-0.2, -0.15) is 0 Å². The van der Waals surface area contributed by atoms with Crippen molar-refractivity contribution < 1.29 is 0 Å². The summed E-state index contributed by atoms with van der Waals surface area (Å²) in [7, 11) is 0. The van der Waals surface area contributed by atoms with E-state index in [1.54, 1.807) is 0 Å².